The molecule has 148 valence electrons. The first-order valence-electron chi connectivity index (χ1n) is 9.92. The van der Waals surface area contributed by atoms with Crippen LogP contribution in [0.2, 0.25) is 0 Å². The zero-order valence-corrected chi connectivity index (χ0v) is 16.7. The molecule has 0 aromatic carbocycles. The Morgan fingerprint density at radius 1 is 0.500 bits per heavy atom. The van der Waals surface area contributed by atoms with Crippen LogP contribution >= 0.6 is 0 Å². The molecule has 0 aromatic heterocycles. The maximum atomic E-state index is 9.23. The number of aliphatic hydroxyl groups is 3. The summed E-state index contributed by atoms with van der Waals surface area (Å²) < 4.78 is -0.00173. The van der Waals surface area contributed by atoms with E-state index in [-0.39, 0.29) is 37.1 Å². The van der Waals surface area contributed by atoms with E-state index < -0.39 is 0 Å². The van der Waals surface area contributed by atoms with Gasteiger partial charge in [-0.3, -0.25) is 4.48 Å². The lowest BCUT2D eigenvalue weighted by molar-refractivity contribution is -0.976. The summed E-state index contributed by atoms with van der Waals surface area (Å²) in [5, 5.41) is 27.7. The Kier molecular flexibility index (Phi) is 21.4. The van der Waals surface area contributed by atoms with Crippen LogP contribution in [0.1, 0.15) is 96.8 Å². The average Bonchev–Trinajstić information content (AvgIpc) is 2.59. The van der Waals surface area contributed by atoms with E-state index in [9.17, 15) is 15.3 Å². The van der Waals surface area contributed by atoms with Crippen molar-refractivity contribution in [1.82, 2.24) is 0 Å². The van der Waals surface area contributed by atoms with Gasteiger partial charge in [-0.1, -0.05) is 84.0 Å². The minimum absolute atomic E-state index is 0. The van der Waals surface area contributed by atoms with Crippen molar-refractivity contribution in [2.75, 3.05) is 26.7 Å². The highest BCUT2D eigenvalue weighted by Crippen LogP contribution is 2.14. The summed E-state index contributed by atoms with van der Waals surface area (Å²) in [7, 11) is 0. The Morgan fingerprint density at radius 2 is 0.792 bits per heavy atom. The predicted molar refractivity (Wildman–Crippen MR) is 96.7 cm³/mol. The molecule has 3 N–H and O–H groups in total. The normalized spacial score (nSPS) is 11.5. The van der Waals surface area contributed by atoms with Gasteiger partial charge in [-0.05, 0) is 12.8 Å². The van der Waals surface area contributed by atoms with E-state index in [1.807, 2.05) is 0 Å². The second-order valence-corrected chi connectivity index (χ2v) is 7.09. The van der Waals surface area contributed by atoms with Gasteiger partial charge in [0, 0.05) is 0 Å². The molecule has 0 fully saturated rings. The summed E-state index contributed by atoms with van der Waals surface area (Å²) in [4.78, 5) is 0. The van der Waals surface area contributed by atoms with Gasteiger partial charge in [-0.25, -0.2) is 0 Å². The average molecular weight is 368 g/mol. The minimum atomic E-state index is -0.189. The summed E-state index contributed by atoms with van der Waals surface area (Å²) in [6.45, 7) is 2.35. The second kappa shape index (κ2) is 19.5. The predicted octanol–water partition coefficient (Wildman–Crippen LogP) is 1.14. The summed E-state index contributed by atoms with van der Waals surface area (Å²) in [6.07, 6.45) is 18.5. The summed E-state index contributed by atoms with van der Waals surface area (Å²) in [6, 6.07) is 0. The number of unbranched alkanes of at least 4 members (excludes halogenated alkanes) is 13. The maximum absolute atomic E-state index is 9.23. The lowest BCUT2D eigenvalue weighted by Gasteiger charge is -2.31. The molecule has 0 bridgehead atoms. The van der Waals surface area contributed by atoms with Crippen LogP contribution in [0.3, 0.4) is 0 Å². The Hall–Kier alpha value is 0.130. The number of halogens is 1. The fourth-order valence-corrected chi connectivity index (χ4v) is 2.99. The standard InChI is InChI=1S/C19H42NO3.ClH/c1-2-3-4-5-6-7-8-9-10-11-12-13-14-15-16-20(17-21,18-22)19-23;/h21-23H,2-19H2,1H3;1H/q+1;/p-1. The number of nitrogens with zero attached hydrogens (tertiary/aromatic N) is 1. The fraction of sp³-hybridized carbons (Fsp3) is 1.00. The van der Waals surface area contributed by atoms with E-state index in [0.29, 0.717) is 6.54 Å². The van der Waals surface area contributed by atoms with Crippen LogP contribution < -0.4 is 12.4 Å². The third kappa shape index (κ3) is 14.5. The Morgan fingerprint density at radius 3 is 1.08 bits per heavy atom. The van der Waals surface area contributed by atoms with Gasteiger partial charge in [0.2, 0.25) is 0 Å². The molecule has 0 heterocycles. The molecule has 24 heavy (non-hydrogen) atoms. The highest BCUT2D eigenvalue weighted by Gasteiger charge is 2.23. The highest BCUT2D eigenvalue weighted by atomic mass is 35.5. The lowest BCUT2D eigenvalue weighted by atomic mass is 10.0. The minimum Gasteiger partial charge on any atom is -1.00 e. The topological polar surface area (TPSA) is 60.7 Å². The summed E-state index contributed by atoms with van der Waals surface area (Å²) >= 11 is 0. The molecule has 0 amide bonds. The third-order valence-electron chi connectivity index (χ3n) is 4.89. The van der Waals surface area contributed by atoms with Crippen molar-refractivity contribution in [3.05, 3.63) is 0 Å². The molecular formula is C19H42ClNO3. The first-order valence-corrected chi connectivity index (χ1v) is 9.92. The molecule has 0 aliphatic rings. The van der Waals surface area contributed by atoms with Gasteiger partial charge in [0.05, 0.1) is 6.54 Å². The first-order chi connectivity index (χ1) is 11.2. The van der Waals surface area contributed by atoms with Crippen molar-refractivity contribution >= 4 is 0 Å². The zero-order valence-electron chi connectivity index (χ0n) is 15.9. The number of rotatable bonds is 18. The van der Waals surface area contributed by atoms with Crippen molar-refractivity contribution < 1.29 is 32.2 Å². The van der Waals surface area contributed by atoms with Gasteiger partial charge in [-0.15, -0.1) is 0 Å². The van der Waals surface area contributed by atoms with Crippen molar-refractivity contribution in [3.63, 3.8) is 0 Å². The van der Waals surface area contributed by atoms with Gasteiger partial charge >= 0.3 is 0 Å². The number of hydrogen-bond acceptors (Lipinski definition) is 3. The molecule has 0 atom stereocenters. The van der Waals surface area contributed by atoms with Crippen LogP contribution in [0.4, 0.5) is 0 Å². The Bertz CT molecular complexity index is 230. The SMILES string of the molecule is CCCCCCCCCCCCCCCC[N+](CO)(CO)CO.[Cl-]. The van der Waals surface area contributed by atoms with Gasteiger partial charge < -0.3 is 27.7 Å². The van der Waals surface area contributed by atoms with Crippen LogP contribution in [0.15, 0.2) is 0 Å². The van der Waals surface area contributed by atoms with Crippen LogP contribution in [0.25, 0.3) is 0 Å². The third-order valence-corrected chi connectivity index (χ3v) is 4.89. The summed E-state index contributed by atoms with van der Waals surface area (Å²) in [5.74, 6) is 0. The smallest absolute Gasteiger partial charge is 0.183 e. The molecule has 0 spiro atoms. The monoisotopic (exact) mass is 367 g/mol. The van der Waals surface area contributed by atoms with Gasteiger partial charge in [0.1, 0.15) is 0 Å². The van der Waals surface area contributed by atoms with Gasteiger partial charge in [-0.2, -0.15) is 0 Å². The fourth-order valence-electron chi connectivity index (χ4n) is 2.99. The zero-order chi connectivity index (χ0) is 17.2. The van der Waals surface area contributed by atoms with Crippen molar-refractivity contribution in [3.8, 4) is 0 Å². The number of hydrogen-bond donors (Lipinski definition) is 3. The van der Waals surface area contributed by atoms with Crippen LogP contribution in [-0.4, -0.2) is 46.5 Å². The van der Waals surface area contributed by atoms with E-state index in [4.69, 9.17) is 0 Å². The molecule has 0 aliphatic heterocycles. The number of quaternary nitrogens is 1. The molecule has 0 rings (SSSR count). The summed E-state index contributed by atoms with van der Waals surface area (Å²) in [5.41, 5.74) is 0. The van der Waals surface area contributed by atoms with Crippen molar-refractivity contribution in [1.29, 1.82) is 0 Å². The van der Waals surface area contributed by atoms with Gasteiger partial charge in [0.15, 0.2) is 20.2 Å². The van der Waals surface area contributed by atoms with Crippen molar-refractivity contribution in [2.24, 2.45) is 0 Å². The van der Waals surface area contributed by atoms with Gasteiger partial charge in [0.25, 0.3) is 0 Å². The molecule has 0 radical (unpaired) electrons. The maximum Gasteiger partial charge on any atom is 0.183 e. The quantitative estimate of drug-likeness (QED) is 0.193. The molecule has 0 unspecified atom stereocenters. The largest absolute Gasteiger partial charge is 1.00 e. The molecule has 0 saturated heterocycles. The highest BCUT2D eigenvalue weighted by molar-refractivity contribution is 4.49. The molecule has 5 heteroatoms. The van der Waals surface area contributed by atoms with Crippen LogP contribution in [0.5, 0.6) is 0 Å². The van der Waals surface area contributed by atoms with E-state index in [1.165, 1.54) is 77.0 Å². The second-order valence-electron chi connectivity index (χ2n) is 7.09. The molecule has 4 nitrogen and oxygen atoms in total. The molecular weight excluding hydrogens is 326 g/mol. The van der Waals surface area contributed by atoms with E-state index >= 15 is 0 Å². The molecule has 0 saturated carbocycles. The van der Waals surface area contributed by atoms with Crippen LogP contribution in [0, 0.1) is 0 Å². The lowest BCUT2D eigenvalue weighted by Crippen LogP contribution is -3.00. The van der Waals surface area contributed by atoms with Crippen LogP contribution in [-0.2, 0) is 0 Å². The van der Waals surface area contributed by atoms with Crippen molar-refractivity contribution in [2.45, 2.75) is 96.8 Å². The first kappa shape index (κ1) is 26.4. The Balaban J connectivity index is 0. The van der Waals surface area contributed by atoms with E-state index in [1.54, 1.807) is 0 Å². The van der Waals surface area contributed by atoms with E-state index in [2.05, 4.69) is 6.92 Å². The van der Waals surface area contributed by atoms with E-state index in [0.717, 1.165) is 12.8 Å². The Labute approximate surface area is 156 Å². The molecule has 0 aliphatic carbocycles. The number of aliphatic hydroxyl groups excluding tert-OH is 3. The molecule has 0 aromatic rings.